The fourth-order valence-corrected chi connectivity index (χ4v) is 2.36. The van der Waals surface area contributed by atoms with Crippen molar-refractivity contribution in [3.8, 4) is 0 Å². The predicted octanol–water partition coefficient (Wildman–Crippen LogP) is 1.42. The molecule has 1 aromatic heterocycles. The minimum Gasteiger partial charge on any atom is -0.380 e. The van der Waals surface area contributed by atoms with E-state index in [2.05, 4.69) is 9.97 Å². The van der Waals surface area contributed by atoms with Gasteiger partial charge in [-0.05, 0) is 24.6 Å². The lowest BCUT2D eigenvalue weighted by Gasteiger charge is -2.16. The number of ether oxygens (including phenoxy) is 1. The summed E-state index contributed by atoms with van der Waals surface area (Å²) in [4.78, 5) is 21.3. The molecule has 0 bridgehead atoms. The topological polar surface area (TPSA) is 58.2 Å². The number of carbonyl (C=O) groups excluding carboxylic acids is 1. The maximum absolute atomic E-state index is 12.3. The number of nitrogens with zero attached hydrogens (tertiary/aromatic N) is 2. The van der Waals surface area contributed by atoms with Crippen molar-refractivity contribution in [3.63, 3.8) is 0 Å². The van der Waals surface area contributed by atoms with Gasteiger partial charge in [-0.15, -0.1) is 0 Å². The van der Waals surface area contributed by atoms with Crippen LogP contribution in [0.2, 0.25) is 0 Å². The zero-order valence-corrected chi connectivity index (χ0v) is 10.2. The average molecular weight is 245 g/mol. The first-order valence-corrected chi connectivity index (χ1v) is 6.03. The number of methoxy groups -OCH3 is 1. The second-order valence-corrected chi connectivity index (χ2v) is 4.53. The molecule has 3 rings (SSSR count). The molecule has 0 aliphatic carbocycles. The van der Waals surface area contributed by atoms with Gasteiger partial charge < -0.3 is 14.6 Å². The van der Waals surface area contributed by atoms with Gasteiger partial charge in [0, 0.05) is 25.8 Å². The van der Waals surface area contributed by atoms with Crippen molar-refractivity contribution in [2.45, 2.75) is 12.5 Å². The fourth-order valence-electron chi connectivity index (χ4n) is 2.36. The monoisotopic (exact) mass is 245 g/mol. The first-order valence-electron chi connectivity index (χ1n) is 6.03. The van der Waals surface area contributed by atoms with E-state index in [9.17, 15) is 4.79 Å². The van der Waals surface area contributed by atoms with Crippen LogP contribution in [0.1, 0.15) is 16.8 Å². The van der Waals surface area contributed by atoms with E-state index in [4.69, 9.17) is 4.74 Å². The number of benzene rings is 1. The molecule has 1 aromatic carbocycles. The van der Waals surface area contributed by atoms with E-state index in [1.807, 2.05) is 23.1 Å². The molecule has 1 aliphatic heterocycles. The standard InChI is InChI=1S/C13H15N3O2/c1-18-10-4-5-16(7-10)13(17)9-2-3-11-12(6-9)15-8-14-11/h2-3,6,8,10H,4-5,7H2,1H3,(H,14,15). The number of rotatable bonds is 2. The first-order chi connectivity index (χ1) is 8.78. The Kier molecular flexibility index (Phi) is 2.76. The summed E-state index contributed by atoms with van der Waals surface area (Å²) < 4.78 is 5.28. The maximum atomic E-state index is 12.3. The highest BCUT2D eigenvalue weighted by Gasteiger charge is 2.26. The van der Waals surface area contributed by atoms with Gasteiger partial charge in [0.2, 0.25) is 0 Å². The minimum absolute atomic E-state index is 0.0612. The van der Waals surface area contributed by atoms with Crippen molar-refractivity contribution in [1.82, 2.24) is 14.9 Å². The zero-order valence-electron chi connectivity index (χ0n) is 10.2. The summed E-state index contributed by atoms with van der Waals surface area (Å²) in [6.07, 6.45) is 2.72. The van der Waals surface area contributed by atoms with E-state index in [0.717, 1.165) is 24.0 Å². The van der Waals surface area contributed by atoms with Crippen molar-refractivity contribution in [2.75, 3.05) is 20.2 Å². The van der Waals surface area contributed by atoms with E-state index in [1.165, 1.54) is 0 Å². The summed E-state index contributed by atoms with van der Waals surface area (Å²) in [5, 5.41) is 0. The molecular formula is C13H15N3O2. The lowest BCUT2D eigenvalue weighted by Crippen LogP contribution is -2.29. The summed E-state index contributed by atoms with van der Waals surface area (Å²) in [6.45, 7) is 1.44. The summed E-state index contributed by atoms with van der Waals surface area (Å²) in [5.74, 6) is 0.0612. The number of aromatic amines is 1. The maximum Gasteiger partial charge on any atom is 0.254 e. The van der Waals surface area contributed by atoms with Crippen molar-refractivity contribution in [1.29, 1.82) is 0 Å². The van der Waals surface area contributed by atoms with Crippen LogP contribution in [0.3, 0.4) is 0 Å². The van der Waals surface area contributed by atoms with Crippen molar-refractivity contribution >= 4 is 16.9 Å². The third-order valence-corrected chi connectivity index (χ3v) is 3.43. The molecule has 1 saturated heterocycles. The number of aromatic nitrogens is 2. The van der Waals surface area contributed by atoms with Gasteiger partial charge in [0.1, 0.15) is 0 Å². The van der Waals surface area contributed by atoms with Crippen molar-refractivity contribution in [3.05, 3.63) is 30.1 Å². The van der Waals surface area contributed by atoms with Crippen LogP contribution in [0.4, 0.5) is 0 Å². The molecule has 1 fully saturated rings. The van der Waals surface area contributed by atoms with Gasteiger partial charge in [-0.25, -0.2) is 4.98 Å². The lowest BCUT2D eigenvalue weighted by molar-refractivity contribution is 0.0724. The largest absolute Gasteiger partial charge is 0.380 e. The third kappa shape index (κ3) is 1.86. The van der Waals surface area contributed by atoms with E-state index in [1.54, 1.807) is 13.4 Å². The molecule has 0 spiro atoms. The molecular weight excluding hydrogens is 230 g/mol. The predicted molar refractivity (Wildman–Crippen MR) is 67.4 cm³/mol. The van der Waals surface area contributed by atoms with E-state index >= 15 is 0 Å². The molecule has 2 aromatic rings. The number of fused-ring (bicyclic) bond motifs is 1. The highest BCUT2D eigenvalue weighted by atomic mass is 16.5. The number of carbonyl (C=O) groups is 1. The van der Waals surface area contributed by atoms with Gasteiger partial charge in [0.25, 0.3) is 5.91 Å². The number of nitrogens with one attached hydrogen (secondary N) is 1. The van der Waals surface area contributed by atoms with Gasteiger partial charge in [0.15, 0.2) is 0 Å². The van der Waals surface area contributed by atoms with Crippen LogP contribution < -0.4 is 0 Å². The highest BCUT2D eigenvalue weighted by molar-refractivity contribution is 5.97. The summed E-state index contributed by atoms with van der Waals surface area (Å²) in [6, 6.07) is 5.54. The smallest absolute Gasteiger partial charge is 0.254 e. The fraction of sp³-hybridized carbons (Fsp3) is 0.385. The Morgan fingerprint density at radius 1 is 1.56 bits per heavy atom. The Morgan fingerprint density at radius 3 is 3.22 bits per heavy atom. The van der Waals surface area contributed by atoms with Crippen LogP contribution >= 0.6 is 0 Å². The van der Waals surface area contributed by atoms with Gasteiger partial charge in [0.05, 0.1) is 23.5 Å². The summed E-state index contributed by atoms with van der Waals surface area (Å²) >= 11 is 0. The summed E-state index contributed by atoms with van der Waals surface area (Å²) in [5.41, 5.74) is 2.47. The van der Waals surface area contributed by atoms with Crippen LogP contribution in [-0.2, 0) is 4.74 Å². The Morgan fingerprint density at radius 2 is 2.44 bits per heavy atom. The number of likely N-dealkylation sites (tertiary alicyclic amines) is 1. The van der Waals surface area contributed by atoms with Gasteiger partial charge in [-0.2, -0.15) is 0 Å². The van der Waals surface area contributed by atoms with Crippen molar-refractivity contribution < 1.29 is 9.53 Å². The molecule has 2 heterocycles. The van der Waals surface area contributed by atoms with Crippen molar-refractivity contribution in [2.24, 2.45) is 0 Å². The molecule has 5 heteroatoms. The van der Waals surface area contributed by atoms with Crippen LogP contribution in [0.15, 0.2) is 24.5 Å². The average Bonchev–Trinajstić information content (AvgIpc) is 3.05. The highest BCUT2D eigenvalue weighted by Crippen LogP contribution is 2.18. The van der Waals surface area contributed by atoms with Gasteiger partial charge in [-0.3, -0.25) is 4.79 Å². The van der Waals surface area contributed by atoms with E-state index in [-0.39, 0.29) is 12.0 Å². The number of hydrogen-bond acceptors (Lipinski definition) is 3. The van der Waals surface area contributed by atoms with Gasteiger partial charge in [-0.1, -0.05) is 0 Å². The minimum atomic E-state index is 0.0612. The second-order valence-electron chi connectivity index (χ2n) is 4.53. The first kappa shape index (κ1) is 11.2. The Bertz CT molecular complexity index is 578. The van der Waals surface area contributed by atoms with Crippen LogP contribution in [-0.4, -0.2) is 47.1 Å². The SMILES string of the molecule is COC1CCN(C(=O)c2ccc3nc[nH]c3c2)C1. The second kappa shape index (κ2) is 4.42. The molecule has 0 radical (unpaired) electrons. The normalized spacial score (nSPS) is 19.6. The molecule has 0 saturated carbocycles. The third-order valence-electron chi connectivity index (χ3n) is 3.43. The molecule has 5 nitrogen and oxygen atoms in total. The van der Waals surface area contributed by atoms with Crippen LogP contribution in [0.5, 0.6) is 0 Å². The lowest BCUT2D eigenvalue weighted by atomic mass is 10.2. The van der Waals surface area contributed by atoms with E-state index in [0.29, 0.717) is 12.1 Å². The Balaban J connectivity index is 1.83. The number of hydrogen-bond donors (Lipinski definition) is 1. The molecule has 94 valence electrons. The number of imidazole rings is 1. The quantitative estimate of drug-likeness (QED) is 0.870. The number of amides is 1. The van der Waals surface area contributed by atoms with Crippen LogP contribution in [0, 0.1) is 0 Å². The number of H-pyrrole nitrogens is 1. The van der Waals surface area contributed by atoms with E-state index < -0.39 is 0 Å². The van der Waals surface area contributed by atoms with Gasteiger partial charge >= 0.3 is 0 Å². The summed E-state index contributed by atoms with van der Waals surface area (Å²) in [7, 11) is 1.69. The molecule has 1 N–H and O–H groups in total. The molecule has 18 heavy (non-hydrogen) atoms. The molecule has 1 amide bonds. The molecule has 1 unspecified atom stereocenters. The molecule has 1 atom stereocenters. The Labute approximate surface area is 105 Å². The Hall–Kier alpha value is -1.88. The zero-order chi connectivity index (χ0) is 12.5. The van der Waals surface area contributed by atoms with Crippen LogP contribution in [0.25, 0.3) is 11.0 Å². The molecule has 1 aliphatic rings.